The summed E-state index contributed by atoms with van der Waals surface area (Å²) in [6, 6.07) is 1.85. The van der Waals surface area contributed by atoms with Gasteiger partial charge in [-0.25, -0.2) is 4.79 Å². The van der Waals surface area contributed by atoms with Gasteiger partial charge in [0.15, 0.2) is 12.2 Å². The fourth-order valence-corrected chi connectivity index (χ4v) is 2.87. The first kappa shape index (κ1) is 16.9. The monoisotopic (exact) mass is 327 g/mol. The van der Waals surface area contributed by atoms with Crippen molar-refractivity contribution < 1.29 is 24.2 Å². The number of hydrogen-bond acceptors (Lipinski definition) is 5. The van der Waals surface area contributed by atoms with Gasteiger partial charge in [0.25, 0.3) is 5.91 Å². The van der Waals surface area contributed by atoms with Crippen molar-refractivity contribution in [1.82, 2.24) is 5.32 Å². The van der Waals surface area contributed by atoms with E-state index in [0.29, 0.717) is 19.1 Å². The van der Waals surface area contributed by atoms with Gasteiger partial charge in [-0.2, -0.15) is 11.3 Å². The second-order valence-corrected chi connectivity index (χ2v) is 6.58. The molecule has 2 rings (SSSR count). The summed E-state index contributed by atoms with van der Waals surface area (Å²) in [4.78, 5) is 22.7. The van der Waals surface area contributed by atoms with Crippen LogP contribution in [0.3, 0.4) is 0 Å². The molecule has 1 amide bonds. The molecular formula is C15H21NO5S. The average Bonchev–Trinajstić information content (AvgIpc) is 3.09. The largest absolute Gasteiger partial charge is 0.479 e. The Balaban J connectivity index is 1.78. The molecule has 2 heterocycles. The molecule has 7 heteroatoms. The first-order chi connectivity index (χ1) is 10.5. The third-order valence-corrected chi connectivity index (χ3v) is 4.00. The maximum Gasteiger partial charge on any atom is 0.336 e. The highest BCUT2D eigenvalue weighted by atomic mass is 32.1. The Kier molecular flexibility index (Phi) is 5.93. The van der Waals surface area contributed by atoms with Crippen molar-refractivity contribution in [1.29, 1.82) is 0 Å². The van der Waals surface area contributed by atoms with E-state index in [1.807, 2.05) is 16.8 Å². The number of carboxylic acids is 1. The Morgan fingerprint density at radius 1 is 1.45 bits per heavy atom. The van der Waals surface area contributed by atoms with Gasteiger partial charge in [-0.15, -0.1) is 0 Å². The first-order valence-electron chi connectivity index (χ1n) is 7.25. The van der Waals surface area contributed by atoms with E-state index in [-0.39, 0.29) is 11.9 Å². The zero-order valence-corrected chi connectivity index (χ0v) is 13.5. The molecular weight excluding hydrogens is 306 g/mol. The van der Waals surface area contributed by atoms with E-state index < -0.39 is 18.2 Å². The van der Waals surface area contributed by atoms with E-state index in [0.717, 1.165) is 12.0 Å². The molecule has 1 unspecified atom stereocenters. The third-order valence-electron chi connectivity index (χ3n) is 3.26. The van der Waals surface area contributed by atoms with Crippen LogP contribution >= 0.6 is 11.3 Å². The van der Waals surface area contributed by atoms with Gasteiger partial charge in [0, 0.05) is 0 Å². The van der Waals surface area contributed by atoms with Gasteiger partial charge in [-0.3, -0.25) is 4.79 Å². The fourth-order valence-electron chi connectivity index (χ4n) is 2.21. The van der Waals surface area contributed by atoms with Crippen molar-refractivity contribution in [3.05, 3.63) is 22.4 Å². The predicted molar refractivity (Wildman–Crippen MR) is 81.7 cm³/mol. The number of carbonyl (C=O) groups excluding carboxylic acids is 1. The van der Waals surface area contributed by atoms with Gasteiger partial charge in [-0.05, 0) is 34.7 Å². The lowest BCUT2D eigenvalue weighted by molar-refractivity contribution is -0.138. The second-order valence-electron chi connectivity index (χ2n) is 5.80. The average molecular weight is 327 g/mol. The molecule has 0 aliphatic carbocycles. The van der Waals surface area contributed by atoms with Crippen LogP contribution in [0.4, 0.5) is 0 Å². The molecule has 0 radical (unpaired) electrons. The summed E-state index contributed by atoms with van der Waals surface area (Å²) in [7, 11) is 0. The van der Waals surface area contributed by atoms with Crippen molar-refractivity contribution in [2.24, 2.45) is 5.92 Å². The molecule has 6 nitrogen and oxygen atoms in total. The van der Waals surface area contributed by atoms with Crippen LogP contribution in [-0.4, -0.2) is 41.8 Å². The second kappa shape index (κ2) is 7.71. The maximum absolute atomic E-state index is 12.0. The molecule has 0 bridgehead atoms. The van der Waals surface area contributed by atoms with E-state index in [1.54, 1.807) is 11.3 Å². The van der Waals surface area contributed by atoms with Crippen molar-refractivity contribution in [3.63, 3.8) is 0 Å². The molecule has 1 aromatic heterocycles. The smallest absolute Gasteiger partial charge is 0.336 e. The van der Waals surface area contributed by atoms with Crippen LogP contribution in [0, 0.1) is 5.92 Å². The summed E-state index contributed by atoms with van der Waals surface area (Å²) >= 11 is 1.61. The van der Waals surface area contributed by atoms with Gasteiger partial charge in [0.05, 0.1) is 19.3 Å². The number of carboxylic acid groups (broad SMARTS) is 1. The van der Waals surface area contributed by atoms with E-state index >= 15 is 0 Å². The number of epoxide rings is 1. The molecule has 0 saturated carbocycles. The van der Waals surface area contributed by atoms with E-state index in [2.05, 4.69) is 19.2 Å². The van der Waals surface area contributed by atoms with Crippen LogP contribution in [0.2, 0.25) is 0 Å². The number of amides is 1. The van der Waals surface area contributed by atoms with E-state index in [9.17, 15) is 9.59 Å². The predicted octanol–water partition coefficient (Wildman–Crippen LogP) is 1.65. The normalized spacial score (nSPS) is 21.6. The molecule has 1 aliphatic heterocycles. The summed E-state index contributed by atoms with van der Waals surface area (Å²) in [5.74, 6) is -1.09. The van der Waals surface area contributed by atoms with Gasteiger partial charge in [0.1, 0.15) is 0 Å². The molecule has 0 spiro atoms. The lowest BCUT2D eigenvalue weighted by atomic mass is 10.0. The van der Waals surface area contributed by atoms with Crippen LogP contribution in [0.15, 0.2) is 16.8 Å². The Hall–Kier alpha value is -1.44. The Bertz CT molecular complexity index is 502. The summed E-state index contributed by atoms with van der Waals surface area (Å²) in [5, 5.41) is 15.6. The molecule has 3 atom stereocenters. The Labute approximate surface area is 133 Å². The van der Waals surface area contributed by atoms with Crippen LogP contribution in [-0.2, 0) is 25.7 Å². The Morgan fingerprint density at radius 2 is 2.23 bits per heavy atom. The maximum atomic E-state index is 12.0. The van der Waals surface area contributed by atoms with Crippen LogP contribution in [0.25, 0.3) is 0 Å². The highest BCUT2D eigenvalue weighted by molar-refractivity contribution is 7.07. The summed E-state index contributed by atoms with van der Waals surface area (Å²) < 4.78 is 10.5. The van der Waals surface area contributed by atoms with Gasteiger partial charge in [0.2, 0.25) is 0 Å². The molecule has 122 valence electrons. The minimum atomic E-state index is -1.10. The third kappa shape index (κ3) is 5.08. The number of carbonyl (C=O) groups is 2. The van der Waals surface area contributed by atoms with Gasteiger partial charge >= 0.3 is 5.97 Å². The van der Waals surface area contributed by atoms with E-state index in [1.165, 1.54) is 0 Å². The fraction of sp³-hybridized carbons (Fsp3) is 0.600. The quantitative estimate of drug-likeness (QED) is 0.673. The van der Waals surface area contributed by atoms with Crippen molar-refractivity contribution >= 4 is 23.2 Å². The van der Waals surface area contributed by atoms with Gasteiger partial charge in [-0.1, -0.05) is 13.8 Å². The number of hydrogen-bond donors (Lipinski definition) is 2. The number of aliphatic carboxylic acids is 1. The summed E-state index contributed by atoms with van der Waals surface area (Å²) in [6.07, 6.45) is -1.12. The molecule has 0 aromatic carbocycles. The SMILES string of the molecule is CC(C)CC(COCc1ccsc1)NC(=O)[C@H]1O[C@@H]1C(=O)O. The minimum absolute atomic E-state index is 0.148. The topological polar surface area (TPSA) is 88.2 Å². The van der Waals surface area contributed by atoms with Crippen LogP contribution < -0.4 is 5.32 Å². The lowest BCUT2D eigenvalue weighted by Gasteiger charge is -2.20. The number of thiophene rings is 1. The molecule has 22 heavy (non-hydrogen) atoms. The Morgan fingerprint density at radius 3 is 2.77 bits per heavy atom. The number of rotatable bonds is 9. The minimum Gasteiger partial charge on any atom is -0.479 e. The first-order valence-corrected chi connectivity index (χ1v) is 8.19. The zero-order chi connectivity index (χ0) is 16.1. The molecule has 1 fully saturated rings. The number of ether oxygens (including phenoxy) is 2. The van der Waals surface area contributed by atoms with E-state index in [4.69, 9.17) is 14.6 Å². The van der Waals surface area contributed by atoms with Crippen LogP contribution in [0.5, 0.6) is 0 Å². The number of nitrogens with one attached hydrogen (secondary N) is 1. The standard InChI is InChI=1S/C15H21NO5S/c1-9(2)5-11(7-20-6-10-3-4-22-8-10)16-14(17)12-13(21-12)15(18)19/h3-4,8-9,11-13H,5-7H2,1-2H3,(H,16,17)(H,18,19)/t11?,12-,13-/m0/s1. The molecule has 2 N–H and O–H groups in total. The molecule has 1 aromatic rings. The van der Waals surface area contributed by atoms with Crippen LogP contribution in [0.1, 0.15) is 25.8 Å². The molecule has 1 saturated heterocycles. The van der Waals surface area contributed by atoms with Crippen molar-refractivity contribution in [3.8, 4) is 0 Å². The summed E-state index contributed by atoms with van der Waals surface area (Å²) in [5.41, 5.74) is 1.11. The highest BCUT2D eigenvalue weighted by Gasteiger charge is 2.51. The lowest BCUT2D eigenvalue weighted by Crippen LogP contribution is -2.42. The zero-order valence-electron chi connectivity index (χ0n) is 12.7. The van der Waals surface area contributed by atoms with Gasteiger partial charge < -0.3 is 19.9 Å². The molecule has 1 aliphatic rings. The van der Waals surface area contributed by atoms with Crippen molar-refractivity contribution in [2.75, 3.05) is 6.61 Å². The summed E-state index contributed by atoms with van der Waals surface area (Å²) in [6.45, 7) is 5.02. The van der Waals surface area contributed by atoms with Crippen molar-refractivity contribution in [2.45, 2.75) is 45.1 Å². The highest BCUT2D eigenvalue weighted by Crippen LogP contribution is 2.22.